The zero-order chi connectivity index (χ0) is 13.8. The summed E-state index contributed by atoms with van der Waals surface area (Å²) in [7, 11) is 0. The van der Waals surface area contributed by atoms with E-state index >= 15 is 0 Å². The van der Waals surface area contributed by atoms with Crippen molar-refractivity contribution in [3.8, 4) is 0 Å². The Labute approximate surface area is 114 Å². The molecule has 0 radical (unpaired) electrons. The molecule has 0 amide bonds. The third-order valence-corrected chi connectivity index (χ3v) is 5.44. The van der Waals surface area contributed by atoms with Gasteiger partial charge in [0.05, 0.1) is 6.17 Å². The van der Waals surface area contributed by atoms with Gasteiger partial charge in [-0.25, -0.2) is 10.9 Å². The molecule has 108 valence electrons. The van der Waals surface area contributed by atoms with E-state index in [4.69, 9.17) is 0 Å². The van der Waals surface area contributed by atoms with E-state index in [2.05, 4.69) is 36.9 Å². The second-order valence-electron chi connectivity index (χ2n) is 7.47. The van der Waals surface area contributed by atoms with Crippen molar-refractivity contribution in [3.05, 3.63) is 0 Å². The maximum Gasteiger partial charge on any atom is 0.322 e. The first-order valence-electron chi connectivity index (χ1n) is 7.38. The predicted octanol–water partition coefficient (Wildman–Crippen LogP) is 0.924. The van der Waals surface area contributed by atoms with E-state index < -0.39 is 12.0 Å². The molecule has 2 heterocycles. The number of nitrogens with one attached hydrogen (secondary N) is 3. The van der Waals surface area contributed by atoms with Gasteiger partial charge in [-0.2, -0.15) is 0 Å². The molecule has 0 aromatic rings. The molecule has 6 atom stereocenters. The van der Waals surface area contributed by atoms with Crippen LogP contribution in [0.4, 0.5) is 0 Å². The molecule has 3 fully saturated rings. The number of aliphatic carboxylic acids is 1. The number of carboxylic acid groups (broad SMARTS) is 1. The standard InChI is InChI=1S/C14H25N3O2/c1-14(2,3)7-4-5-9-8(6-7)10-11(13(18)19)16-17-12(10)15-9/h7-12,15-17H,4-6H2,1-3H3,(H,18,19). The largest absolute Gasteiger partial charge is 0.480 e. The fourth-order valence-electron chi connectivity index (χ4n) is 4.29. The van der Waals surface area contributed by atoms with Gasteiger partial charge in [0.15, 0.2) is 0 Å². The van der Waals surface area contributed by atoms with Crippen LogP contribution in [0.1, 0.15) is 40.0 Å². The molecular formula is C14H25N3O2. The summed E-state index contributed by atoms with van der Waals surface area (Å²) in [6, 6.07) is 0.0382. The second-order valence-corrected chi connectivity index (χ2v) is 7.47. The van der Waals surface area contributed by atoms with Crippen LogP contribution in [0.3, 0.4) is 0 Å². The third kappa shape index (κ3) is 2.18. The van der Waals surface area contributed by atoms with Crippen LogP contribution in [0.25, 0.3) is 0 Å². The van der Waals surface area contributed by atoms with Crippen molar-refractivity contribution in [2.75, 3.05) is 0 Å². The van der Waals surface area contributed by atoms with Crippen molar-refractivity contribution in [3.63, 3.8) is 0 Å². The van der Waals surface area contributed by atoms with Gasteiger partial charge in [-0.1, -0.05) is 20.8 Å². The van der Waals surface area contributed by atoms with Crippen LogP contribution in [-0.4, -0.2) is 29.3 Å². The van der Waals surface area contributed by atoms with E-state index in [1.807, 2.05) is 0 Å². The highest BCUT2D eigenvalue weighted by atomic mass is 16.4. The fraction of sp³-hybridized carbons (Fsp3) is 0.929. The number of hydrazine groups is 1. The molecule has 19 heavy (non-hydrogen) atoms. The van der Waals surface area contributed by atoms with Crippen LogP contribution in [0.15, 0.2) is 0 Å². The second kappa shape index (κ2) is 4.43. The summed E-state index contributed by atoms with van der Waals surface area (Å²) in [5.41, 5.74) is 6.37. The predicted molar refractivity (Wildman–Crippen MR) is 72.2 cm³/mol. The Balaban J connectivity index is 1.79. The van der Waals surface area contributed by atoms with Gasteiger partial charge < -0.3 is 5.11 Å². The Morgan fingerprint density at radius 2 is 1.95 bits per heavy atom. The lowest BCUT2D eigenvalue weighted by atomic mass is 9.65. The molecule has 3 aliphatic rings. The lowest BCUT2D eigenvalue weighted by molar-refractivity contribution is -0.140. The average Bonchev–Trinajstić information content (AvgIpc) is 2.84. The van der Waals surface area contributed by atoms with Crippen molar-refractivity contribution < 1.29 is 9.90 Å². The first-order chi connectivity index (χ1) is 8.88. The van der Waals surface area contributed by atoms with Gasteiger partial charge in [0.2, 0.25) is 0 Å². The number of hydrogen-bond donors (Lipinski definition) is 4. The van der Waals surface area contributed by atoms with Crippen LogP contribution in [0.2, 0.25) is 0 Å². The highest BCUT2D eigenvalue weighted by molar-refractivity contribution is 5.74. The highest BCUT2D eigenvalue weighted by Gasteiger charge is 2.54. The van der Waals surface area contributed by atoms with Crippen molar-refractivity contribution >= 4 is 5.97 Å². The Hall–Kier alpha value is -0.650. The molecule has 5 nitrogen and oxygen atoms in total. The van der Waals surface area contributed by atoms with Crippen LogP contribution in [-0.2, 0) is 4.79 Å². The molecule has 1 saturated carbocycles. The first kappa shape index (κ1) is 13.3. The Morgan fingerprint density at radius 3 is 2.58 bits per heavy atom. The van der Waals surface area contributed by atoms with Crippen molar-refractivity contribution in [2.45, 2.75) is 58.3 Å². The van der Waals surface area contributed by atoms with Gasteiger partial charge in [-0.05, 0) is 36.5 Å². The maximum atomic E-state index is 11.4. The van der Waals surface area contributed by atoms with Gasteiger partial charge in [-0.3, -0.25) is 10.1 Å². The van der Waals surface area contributed by atoms with Gasteiger partial charge in [-0.15, -0.1) is 0 Å². The normalized spacial score (nSPS) is 45.8. The van der Waals surface area contributed by atoms with Crippen LogP contribution in [0, 0.1) is 23.2 Å². The van der Waals surface area contributed by atoms with Crippen molar-refractivity contribution in [1.82, 2.24) is 16.2 Å². The smallest absolute Gasteiger partial charge is 0.322 e. The van der Waals surface area contributed by atoms with Crippen molar-refractivity contribution in [1.29, 1.82) is 0 Å². The van der Waals surface area contributed by atoms with Crippen LogP contribution < -0.4 is 16.2 Å². The quantitative estimate of drug-likeness (QED) is 0.569. The summed E-state index contributed by atoms with van der Waals surface area (Å²) < 4.78 is 0. The summed E-state index contributed by atoms with van der Waals surface area (Å²) in [5, 5.41) is 12.9. The van der Waals surface area contributed by atoms with E-state index in [0.29, 0.717) is 23.3 Å². The zero-order valence-corrected chi connectivity index (χ0v) is 11.9. The molecule has 1 aliphatic carbocycles. The molecule has 0 aromatic carbocycles. The lowest BCUT2D eigenvalue weighted by Crippen LogP contribution is -2.47. The minimum atomic E-state index is -0.736. The summed E-state index contributed by atoms with van der Waals surface area (Å²) in [6.45, 7) is 6.91. The number of rotatable bonds is 1. The molecular weight excluding hydrogens is 242 g/mol. The van der Waals surface area contributed by atoms with Gasteiger partial charge in [0.25, 0.3) is 0 Å². The molecule has 4 N–H and O–H groups in total. The van der Waals surface area contributed by atoms with Crippen LogP contribution in [0.5, 0.6) is 0 Å². The SMILES string of the molecule is CC(C)(C)C1CCC2NC3NNC(C(=O)O)C3C2C1. The van der Waals surface area contributed by atoms with E-state index in [1.54, 1.807) is 0 Å². The highest BCUT2D eigenvalue weighted by Crippen LogP contribution is 2.47. The number of hydrogen-bond acceptors (Lipinski definition) is 4. The number of carbonyl (C=O) groups is 1. The summed E-state index contributed by atoms with van der Waals surface area (Å²) in [6.07, 6.45) is 3.69. The molecule has 3 rings (SSSR count). The average molecular weight is 267 g/mol. The lowest BCUT2D eigenvalue weighted by Gasteiger charge is -2.41. The van der Waals surface area contributed by atoms with Gasteiger partial charge in [0, 0.05) is 12.0 Å². The molecule has 2 saturated heterocycles. The van der Waals surface area contributed by atoms with Crippen molar-refractivity contribution in [2.24, 2.45) is 23.2 Å². The number of carboxylic acids is 1. The fourth-order valence-corrected chi connectivity index (χ4v) is 4.29. The van der Waals surface area contributed by atoms with Gasteiger partial charge >= 0.3 is 5.97 Å². The minimum Gasteiger partial charge on any atom is -0.480 e. The minimum absolute atomic E-state index is 0.120. The molecule has 6 unspecified atom stereocenters. The van der Waals surface area contributed by atoms with E-state index in [9.17, 15) is 9.90 Å². The maximum absolute atomic E-state index is 11.4. The third-order valence-electron chi connectivity index (χ3n) is 5.44. The van der Waals surface area contributed by atoms with E-state index in [-0.39, 0.29) is 12.1 Å². The monoisotopic (exact) mass is 267 g/mol. The van der Waals surface area contributed by atoms with E-state index in [0.717, 1.165) is 6.42 Å². The molecule has 5 heteroatoms. The Bertz CT molecular complexity index is 379. The molecule has 2 aliphatic heterocycles. The Kier molecular flexibility index (Phi) is 3.11. The molecule has 0 bridgehead atoms. The zero-order valence-electron chi connectivity index (χ0n) is 11.9. The number of fused-ring (bicyclic) bond motifs is 3. The summed E-state index contributed by atoms with van der Waals surface area (Å²) in [5.74, 6) is 0.615. The van der Waals surface area contributed by atoms with Gasteiger partial charge in [0.1, 0.15) is 6.04 Å². The first-order valence-corrected chi connectivity index (χ1v) is 7.38. The summed E-state index contributed by atoms with van der Waals surface area (Å²) in [4.78, 5) is 11.4. The van der Waals surface area contributed by atoms with Crippen LogP contribution >= 0.6 is 0 Å². The summed E-state index contributed by atoms with van der Waals surface area (Å²) >= 11 is 0. The van der Waals surface area contributed by atoms with E-state index in [1.165, 1.54) is 12.8 Å². The molecule has 0 aromatic heterocycles. The Morgan fingerprint density at radius 1 is 1.21 bits per heavy atom. The topological polar surface area (TPSA) is 73.4 Å². The molecule has 0 spiro atoms.